The zero-order valence-corrected chi connectivity index (χ0v) is 34.5. The van der Waals surface area contributed by atoms with Gasteiger partial charge in [0.25, 0.3) is 0 Å². The van der Waals surface area contributed by atoms with Gasteiger partial charge in [0.1, 0.15) is 0 Å². The summed E-state index contributed by atoms with van der Waals surface area (Å²) in [5, 5.41) is 0. The van der Waals surface area contributed by atoms with Gasteiger partial charge in [0, 0.05) is 63.9 Å². The van der Waals surface area contributed by atoms with Gasteiger partial charge in [-0.3, -0.25) is 0 Å². The van der Waals surface area contributed by atoms with E-state index >= 15 is 0 Å². The highest BCUT2D eigenvalue weighted by atomic mass is 28.4. The Kier molecular flexibility index (Phi) is 33.3. The molecule has 0 aromatic carbocycles. The van der Waals surface area contributed by atoms with Crippen LogP contribution in [0.4, 0.5) is 0 Å². The number of rotatable bonds is 36. The average molecular weight is 745 g/mol. The Hall–Kier alpha value is -1.65. The zero-order chi connectivity index (χ0) is 37.0. The molecule has 0 heterocycles. The molecule has 0 atom stereocenters. The van der Waals surface area contributed by atoms with Crippen molar-refractivity contribution in [3.63, 3.8) is 0 Å². The standard InChI is InChI=1S/C38H72O10Si2/c1-7-43-49(44-8-2,45-9-3)35-29-25-21-17-13-15-19-23-27-33-41-37(39)31-32-38(40)42-34-28-24-20-16-14-18-22-26-30-36-50(46-10-4,47-11-5)48-12-6/h27-28,31-34H,7-26,29-30,35-36H2,1-6H3/b32-31+,33-27+,34-28+. The van der Waals surface area contributed by atoms with Gasteiger partial charge in [-0.05, 0) is 92.2 Å². The lowest BCUT2D eigenvalue weighted by atomic mass is 10.1. The predicted molar refractivity (Wildman–Crippen MR) is 204 cm³/mol. The third kappa shape index (κ3) is 27.1. The van der Waals surface area contributed by atoms with Crippen molar-refractivity contribution < 1.29 is 45.6 Å². The molecule has 12 heteroatoms. The second-order valence-corrected chi connectivity index (χ2v) is 17.4. The third-order valence-electron chi connectivity index (χ3n) is 7.81. The van der Waals surface area contributed by atoms with E-state index in [0.717, 1.165) is 88.4 Å². The number of ether oxygens (including phenoxy) is 2. The molecule has 0 saturated heterocycles. The summed E-state index contributed by atoms with van der Waals surface area (Å²) >= 11 is 0. The average Bonchev–Trinajstić information content (AvgIpc) is 3.09. The lowest BCUT2D eigenvalue weighted by Crippen LogP contribution is -2.45. The number of hydrogen-bond donors (Lipinski definition) is 0. The minimum absolute atomic E-state index is 0.605. The first kappa shape index (κ1) is 48.4. The maximum atomic E-state index is 11.8. The van der Waals surface area contributed by atoms with E-state index in [2.05, 4.69) is 0 Å². The van der Waals surface area contributed by atoms with E-state index < -0.39 is 29.5 Å². The van der Waals surface area contributed by atoms with Gasteiger partial charge in [0.15, 0.2) is 0 Å². The molecule has 0 saturated carbocycles. The van der Waals surface area contributed by atoms with Crippen LogP contribution in [0.5, 0.6) is 0 Å². The summed E-state index contributed by atoms with van der Waals surface area (Å²) in [6.07, 6.45) is 26.2. The molecule has 0 aliphatic heterocycles. The van der Waals surface area contributed by atoms with Gasteiger partial charge < -0.3 is 36.0 Å². The number of hydrogen-bond acceptors (Lipinski definition) is 10. The lowest BCUT2D eigenvalue weighted by Gasteiger charge is -2.28. The number of allylic oxidation sites excluding steroid dienone is 2. The molecule has 0 radical (unpaired) electrons. The second kappa shape index (κ2) is 34.4. The molecule has 10 nitrogen and oxygen atoms in total. The molecule has 0 aromatic heterocycles. The topological polar surface area (TPSA) is 108 Å². The minimum Gasteiger partial charge on any atom is -0.432 e. The van der Waals surface area contributed by atoms with Crippen molar-refractivity contribution in [2.24, 2.45) is 0 Å². The summed E-state index contributed by atoms with van der Waals surface area (Å²) in [7, 11) is -5.02. The number of carbonyl (C=O) groups excluding carboxylic acids is 2. The molecule has 0 aliphatic rings. The normalized spacial score (nSPS) is 12.5. The van der Waals surface area contributed by atoms with Crippen molar-refractivity contribution in [1.29, 1.82) is 0 Å². The molecule has 0 bridgehead atoms. The van der Waals surface area contributed by atoms with E-state index in [-0.39, 0.29) is 0 Å². The van der Waals surface area contributed by atoms with Crippen LogP contribution < -0.4 is 0 Å². The number of unbranched alkanes of at least 4 members (excludes halogenated alkanes) is 14. The first-order valence-electron chi connectivity index (χ1n) is 19.6. The van der Waals surface area contributed by atoms with E-state index in [4.69, 9.17) is 36.0 Å². The van der Waals surface area contributed by atoms with Crippen LogP contribution in [0.3, 0.4) is 0 Å². The summed E-state index contributed by atoms with van der Waals surface area (Å²) in [5.41, 5.74) is 0. The Bertz CT molecular complexity index is 793. The number of esters is 2. The van der Waals surface area contributed by atoms with Crippen LogP contribution in [0.1, 0.15) is 144 Å². The van der Waals surface area contributed by atoms with Gasteiger partial charge in [0.05, 0.1) is 12.5 Å². The summed E-state index contributed by atoms with van der Waals surface area (Å²) < 4.78 is 45.6. The Balaban J connectivity index is 3.83. The fourth-order valence-electron chi connectivity index (χ4n) is 5.56. The Labute approximate surface area is 307 Å². The van der Waals surface area contributed by atoms with Crippen LogP contribution in [0, 0.1) is 0 Å². The van der Waals surface area contributed by atoms with Crippen LogP contribution in [-0.2, 0) is 45.6 Å². The van der Waals surface area contributed by atoms with Gasteiger partial charge in [-0.25, -0.2) is 9.59 Å². The Morgan fingerprint density at radius 2 is 0.660 bits per heavy atom. The molecule has 0 rings (SSSR count). The van der Waals surface area contributed by atoms with Crippen molar-refractivity contribution in [1.82, 2.24) is 0 Å². The number of carbonyl (C=O) groups is 2. The SMILES string of the molecule is CCO[Si](CCCCCCCCC/C=C/OC(=O)/C=C/C(=O)O/C=C/CCCCCCCCC[Si](OCC)(OCC)OCC)(OCC)OCC. The Morgan fingerprint density at radius 3 is 0.940 bits per heavy atom. The van der Waals surface area contributed by atoms with Crippen molar-refractivity contribution in [3.05, 3.63) is 36.8 Å². The molecule has 0 fully saturated rings. The lowest BCUT2D eigenvalue weighted by molar-refractivity contribution is -0.135. The highest BCUT2D eigenvalue weighted by Crippen LogP contribution is 2.22. The highest BCUT2D eigenvalue weighted by Gasteiger charge is 2.40. The van der Waals surface area contributed by atoms with Gasteiger partial charge in [-0.15, -0.1) is 0 Å². The summed E-state index contributed by atoms with van der Waals surface area (Å²) in [6.45, 7) is 15.7. The Morgan fingerprint density at radius 1 is 0.400 bits per heavy atom. The quantitative estimate of drug-likeness (QED) is 0.0202. The minimum atomic E-state index is -2.51. The molecular weight excluding hydrogens is 673 g/mol. The molecular formula is C38H72O10Si2. The van der Waals surface area contributed by atoms with Crippen molar-refractivity contribution in [2.45, 2.75) is 156 Å². The molecule has 0 aliphatic carbocycles. The van der Waals surface area contributed by atoms with Crippen molar-refractivity contribution in [3.8, 4) is 0 Å². The van der Waals surface area contributed by atoms with Crippen LogP contribution in [0.2, 0.25) is 12.1 Å². The van der Waals surface area contributed by atoms with Gasteiger partial charge in [-0.2, -0.15) is 0 Å². The van der Waals surface area contributed by atoms with Crippen LogP contribution in [0.25, 0.3) is 0 Å². The summed E-state index contributed by atoms with van der Waals surface area (Å²) in [5.74, 6) is -1.21. The van der Waals surface area contributed by atoms with Crippen LogP contribution >= 0.6 is 0 Å². The maximum absolute atomic E-state index is 11.8. The first-order chi connectivity index (χ1) is 24.4. The summed E-state index contributed by atoms with van der Waals surface area (Å²) in [4.78, 5) is 23.7. The largest absolute Gasteiger partial charge is 0.500 e. The van der Waals surface area contributed by atoms with Gasteiger partial charge in [0.2, 0.25) is 0 Å². The second-order valence-electron chi connectivity index (χ2n) is 11.9. The fraction of sp³-hybridized carbons (Fsp3) is 0.789. The molecule has 0 aromatic rings. The van der Waals surface area contributed by atoms with Crippen LogP contribution in [0.15, 0.2) is 36.8 Å². The summed E-state index contributed by atoms with van der Waals surface area (Å²) in [6, 6.07) is 1.76. The third-order valence-corrected chi connectivity index (χ3v) is 14.1. The molecule has 0 unspecified atom stereocenters. The maximum Gasteiger partial charge on any atom is 0.500 e. The van der Waals surface area contributed by atoms with E-state index in [1.54, 1.807) is 0 Å². The zero-order valence-electron chi connectivity index (χ0n) is 32.5. The molecule has 50 heavy (non-hydrogen) atoms. The highest BCUT2D eigenvalue weighted by molar-refractivity contribution is 6.61. The monoisotopic (exact) mass is 744 g/mol. The van der Waals surface area contributed by atoms with Crippen molar-refractivity contribution >= 4 is 29.5 Å². The smallest absolute Gasteiger partial charge is 0.432 e. The molecule has 0 N–H and O–H groups in total. The van der Waals surface area contributed by atoms with Crippen LogP contribution in [-0.4, -0.2) is 69.2 Å². The molecule has 0 amide bonds. The molecule has 292 valence electrons. The van der Waals surface area contributed by atoms with E-state index in [9.17, 15) is 9.59 Å². The van der Waals surface area contributed by atoms with Gasteiger partial charge in [-0.1, -0.05) is 64.2 Å². The first-order valence-corrected chi connectivity index (χ1v) is 23.5. The fourth-order valence-corrected chi connectivity index (χ4v) is 10.9. The van der Waals surface area contributed by atoms with E-state index in [1.807, 2.05) is 53.7 Å². The van der Waals surface area contributed by atoms with Gasteiger partial charge >= 0.3 is 29.5 Å². The predicted octanol–water partition coefficient (Wildman–Crippen LogP) is 9.99. The van der Waals surface area contributed by atoms with E-state index in [0.29, 0.717) is 39.6 Å². The molecule has 0 spiro atoms. The van der Waals surface area contributed by atoms with Crippen molar-refractivity contribution in [2.75, 3.05) is 39.6 Å². The van der Waals surface area contributed by atoms with E-state index in [1.165, 1.54) is 51.0 Å².